The Morgan fingerprint density at radius 2 is 0.852 bits per heavy atom. The van der Waals surface area contributed by atoms with Gasteiger partial charge in [-0.15, -0.1) is 0 Å². The van der Waals surface area contributed by atoms with E-state index in [1.165, 1.54) is 48.5 Å². The quantitative estimate of drug-likeness (QED) is 0.354. The van der Waals surface area contributed by atoms with Crippen molar-refractivity contribution in [2.75, 3.05) is 0 Å². The minimum absolute atomic E-state index is 0. The molecule has 136 valence electrons. The van der Waals surface area contributed by atoms with Crippen LogP contribution >= 0.6 is 0 Å². The first kappa shape index (κ1) is 31.4. The van der Waals surface area contributed by atoms with E-state index in [1.807, 2.05) is 0 Å². The second-order valence-corrected chi connectivity index (χ2v) is 7.21. The van der Waals surface area contributed by atoms with Gasteiger partial charge >= 0.3 is 59.1 Å². The summed E-state index contributed by atoms with van der Waals surface area (Å²) in [6.07, 6.45) is 3.14. The molecule has 2 N–H and O–H groups in total. The molecule has 0 atom stereocenters. The van der Waals surface area contributed by atoms with Crippen LogP contribution in [0.15, 0.2) is 71.5 Å². The fourth-order valence-corrected chi connectivity index (χ4v) is 2.48. The van der Waals surface area contributed by atoms with Crippen LogP contribution in [0.5, 0.6) is 0 Å². The Morgan fingerprint density at radius 1 is 0.630 bits per heavy atom. The Kier molecular flexibility index (Phi) is 16.1. The summed E-state index contributed by atoms with van der Waals surface area (Å²) in [4.78, 5) is -0.429. The van der Waals surface area contributed by atoms with Gasteiger partial charge in [-0.3, -0.25) is 0 Å². The molecule has 0 fully saturated rings. The number of hydrogen-bond donors (Lipinski definition) is 0. The molecule has 0 radical (unpaired) electrons. The summed E-state index contributed by atoms with van der Waals surface area (Å²) < 4.78 is 62.7. The van der Waals surface area contributed by atoms with Crippen molar-refractivity contribution >= 4 is 32.4 Å². The van der Waals surface area contributed by atoms with Crippen LogP contribution in [0.2, 0.25) is 0 Å². The van der Waals surface area contributed by atoms with Gasteiger partial charge in [0.2, 0.25) is 0 Å². The smallest absolute Gasteiger partial charge is 0.744 e. The third kappa shape index (κ3) is 11.3. The SMILES string of the molecule is C=Cc1ccc(S(=O)(=O)[O-])cc1.C=Cc1ccc(S(=O)(=O)[O-])cc1.O.[Na+].[Na+]. The minimum Gasteiger partial charge on any atom is -0.744 e. The third-order valence-electron chi connectivity index (χ3n) is 2.81. The van der Waals surface area contributed by atoms with Crippen LogP contribution in [-0.4, -0.2) is 31.4 Å². The number of hydrogen-bond acceptors (Lipinski definition) is 6. The summed E-state index contributed by atoms with van der Waals surface area (Å²) in [6, 6.07) is 11.2. The molecule has 2 rings (SSSR count). The minimum atomic E-state index is -4.31. The fourth-order valence-electron chi connectivity index (χ4n) is 1.54. The topological polar surface area (TPSA) is 146 Å². The van der Waals surface area contributed by atoms with Crippen LogP contribution in [0.3, 0.4) is 0 Å². The maximum atomic E-state index is 10.5. The van der Waals surface area contributed by atoms with Gasteiger partial charge in [-0.1, -0.05) is 49.6 Å². The largest absolute Gasteiger partial charge is 1.00 e. The second-order valence-electron chi connectivity index (χ2n) is 4.45. The van der Waals surface area contributed by atoms with Gasteiger partial charge in [0.25, 0.3) is 0 Å². The molecule has 0 spiro atoms. The normalized spacial score (nSPS) is 9.85. The van der Waals surface area contributed by atoms with Crippen molar-refractivity contribution in [1.29, 1.82) is 0 Å². The summed E-state index contributed by atoms with van der Waals surface area (Å²) in [7, 11) is -8.62. The first-order chi connectivity index (χ1) is 11.1. The Hall–Kier alpha value is -0.300. The van der Waals surface area contributed by atoms with Gasteiger partial charge in [-0.2, -0.15) is 0 Å². The zero-order valence-electron chi connectivity index (χ0n) is 15.0. The molecule has 0 aliphatic rings. The number of benzene rings is 2. The van der Waals surface area contributed by atoms with Crippen LogP contribution in [0.1, 0.15) is 11.1 Å². The molecule has 0 aliphatic carbocycles. The van der Waals surface area contributed by atoms with E-state index < -0.39 is 20.2 Å². The van der Waals surface area contributed by atoms with Crippen LogP contribution in [0.25, 0.3) is 12.2 Å². The van der Waals surface area contributed by atoms with Gasteiger partial charge < -0.3 is 14.6 Å². The molecular formula is C16H16Na2O7S2. The van der Waals surface area contributed by atoms with Gasteiger partial charge in [0.1, 0.15) is 20.2 Å². The summed E-state index contributed by atoms with van der Waals surface area (Å²) in [6.45, 7) is 6.99. The van der Waals surface area contributed by atoms with E-state index in [2.05, 4.69) is 13.2 Å². The molecule has 7 nitrogen and oxygen atoms in total. The Balaban J connectivity index is -0.000000384. The maximum Gasteiger partial charge on any atom is 1.00 e. The monoisotopic (exact) mass is 430 g/mol. The van der Waals surface area contributed by atoms with Crippen molar-refractivity contribution in [2.45, 2.75) is 9.79 Å². The van der Waals surface area contributed by atoms with Crippen molar-refractivity contribution in [3.8, 4) is 0 Å². The van der Waals surface area contributed by atoms with Crippen LogP contribution < -0.4 is 59.1 Å². The van der Waals surface area contributed by atoms with E-state index in [9.17, 15) is 25.9 Å². The van der Waals surface area contributed by atoms with Crippen molar-refractivity contribution in [3.05, 3.63) is 72.8 Å². The zero-order valence-corrected chi connectivity index (χ0v) is 20.6. The summed E-state index contributed by atoms with van der Waals surface area (Å²) >= 11 is 0. The van der Waals surface area contributed by atoms with Crippen LogP contribution in [0.4, 0.5) is 0 Å². The molecule has 0 heterocycles. The Morgan fingerprint density at radius 3 is 1.00 bits per heavy atom. The van der Waals surface area contributed by atoms with Gasteiger partial charge in [0, 0.05) is 0 Å². The third-order valence-corrected chi connectivity index (χ3v) is 4.51. The van der Waals surface area contributed by atoms with Gasteiger partial charge in [-0.05, 0) is 35.4 Å². The molecule has 0 saturated heterocycles. The first-order valence-electron chi connectivity index (χ1n) is 6.44. The van der Waals surface area contributed by atoms with Gasteiger partial charge in [0.15, 0.2) is 0 Å². The summed E-state index contributed by atoms with van der Waals surface area (Å²) in [5, 5.41) is 0. The van der Waals surface area contributed by atoms with Crippen LogP contribution in [-0.2, 0) is 20.2 Å². The van der Waals surface area contributed by atoms with Crippen molar-refractivity contribution in [3.63, 3.8) is 0 Å². The molecule has 11 heteroatoms. The average molecular weight is 430 g/mol. The van der Waals surface area contributed by atoms with Gasteiger partial charge in [0.05, 0.1) is 9.79 Å². The zero-order chi connectivity index (χ0) is 18.4. The molecule has 0 amide bonds. The molecule has 0 unspecified atom stereocenters. The molecule has 27 heavy (non-hydrogen) atoms. The average Bonchev–Trinajstić information content (AvgIpc) is 2.54. The predicted octanol–water partition coefficient (Wildman–Crippen LogP) is -4.35. The Bertz CT molecular complexity index is 842. The molecule has 0 aromatic heterocycles. The molecule has 0 bridgehead atoms. The van der Waals surface area contributed by atoms with Gasteiger partial charge in [-0.25, -0.2) is 16.8 Å². The Labute approximate surface area is 203 Å². The van der Waals surface area contributed by atoms with E-state index in [0.717, 1.165) is 11.1 Å². The van der Waals surface area contributed by atoms with E-state index in [0.29, 0.717) is 0 Å². The predicted molar refractivity (Wildman–Crippen MR) is 92.6 cm³/mol. The molecule has 0 aliphatic heterocycles. The van der Waals surface area contributed by atoms with Crippen molar-refractivity contribution in [1.82, 2.24) is 0 Å². The van der Waals surface area contributed by atoms with E-state index in [-0.39, 0.29) is 74.4 Å². The standard InChI is InChI=1S/2C8H8O3S.2Na.H2O/c2*1-2-7-3-5-8(6-4-7)12(9,10)11;;;/h2*2-6H,1H2,(H,9,10,11);;;1H2/q;;2*+1;/p-2. The van der Waals surface area contributed by atoms with E-state index in [1.54, 1.807) is 12.2 Å². The van der Waals surface area contributed by atoms with Crippen LogP contribution in [0, 0.1) is 0 Å². The molecular weight excluding hydrogens is 414 g/mol. The first-order valence-corrected chi connectivity index (χ1v) is 9.26. The second kappa shape index (κ2) is 13.8. The fraction of sp³-hybridized carbons (Fsp3) is 0. The van der Waals surface area contributed by atoms with Crippen molar-refractivity contribution < 1.29 is 90.5 Å². The number of rotatable bonds is 4. The maximum absolute atomic E-state index is 10.5. The van der Waals surface area contributed by atoms with Crippen molar-refractivity contribution in [2.24, 2.45) is 0 Å². The van der Waals surface area contributed by atoms with E-state index in [4.69, 9.17) is 0 Å². The summed E-state index contributed by atoms with van der Waals surface area (Å²) in [5.41, 5.74) is 1.56. The van der Waals surface area contributed by atoms with E-state index >= 15 is 0 Å². The molecule has 2 aromatic rings. The molecule has 2 aromatic carbocycles. The molecule has 0 saturated carbocycles. The summed E-state index contributed by atoms with van der Waals surface area (Å²) in [5.74, 6) is 0.